The Kier molecular flexibility index (Phi) is 4.65. The lowest BCUT2D eigenvalue weighted by Gasteiger charge is -2.12. The second kappa shape index (κ2) is 6.66. The highest BCUT2D eigenvalue weighted by Gasteiger charge is 2.45. The summed E-state index contributed by atoms with van der Waals surface area (Å²) in [7, 11) is -4.50. The Morgan fingerprint density at radius 1 is 1.30 bits per heavy atom. The fourth-order valence-corrected chi connectivity index (χ4v) is 3.79. The van der Waals surface area contributed by atoms with Gasteiger partial charge in [-0.1, -0.05) is 6.07 Å². The van der Waals surface area contributed by atoms with Crippen molar-refractivity contribution in [2.24, 2.45) is 5.92 Å². The number of halogens is 3. The van der Waals surface area contributed by atoms with Crippen LogP contribution in [-0.4, -0.2) is 19.3 Å². The highest BCUT2D eigenvalue weighted by Crippen LogP contribution is 2.47. The van der Waals surface area contributed by atoms with Gasteiger partial charge in [0.25, 0.3) is 10.0 Å². The Hall–Kier alpha value is -2.93. The maximum atomic E-state index is 13.0. The number of benzene rings is 1. The van der Waals surface area contributed by atoms with Gasteiger partial charge in [0.2, 0.25) is 5.91 Å². The zero-order chi connectivity index (χ0) is 19.8. The summed E-state index contributed by atoms with van der Waals surface area (Å²) in [5.41, 5.74) is -1.29. The van der Waals surface area contributed by atoms with Gasteiger partial charge in [-0.05, 0) is 42.2 Å². The van der Waals surface area contributed by atoms with Crippen LogP contribution in [0.2, 0.25) is 0 Å². The minimum atomic E-state index is -4.90. The SMILES string of the molecule is N#Cc1ccc(S(=O)(=O)NC(=O)[C@@H]2C[C@@H]2c2cccnc2)cc1C(F)(F)F. The van der Waals surface area contributed by atoms with E-state index in [4.69, 9.17) is 5.26 Å². The van der Waals surface area contributed by atoms with Crippen LogP contribution in [-0.2, 0) is 21.0 Å². The highest BCUT2D eigenvalue weighted by atomic mass is 32.2. The van der Waals surface area contributed by atoms with Crippen LogP contribution in [0.3, 0.4) is 0 Å². The lowest BCUT2D eigenvalue weighted by Crippen LogP contribution is -2.32. The van der Waals surface area contributed by atoms with Gasteiger partial charge < -0.3 is 0 Å². The maximum absolute atomic E-state index is 13.0. The topological polar surface area (TPSA) is 99.9 Å². The summed E-state index contributed by atoms with van der Waals surface area (Å²) in [6.45, 7) is 0. The average Bonchev–Trinajstić information content (AvgIpc) is 3.42. The van der Waals surface area contributed by atoms with E-state index in [9.17, 15) is 26.4 Å². The van der Waals surface area contributed by atoms with Crippen LogP contribution >= 0.6 is 0 Å². The molecule has 10 heteroatoms. The van der Waals surface area contributed by atoms with Gasteiger partial charge >= 0.3 is 6.18 Å². The summed E-state index contributed by atoms with van der Waals surface area (Å²) in [6, 6.07) is 6.78. The number of carbonyl (C=O) groups is 1. The molecular formula is C17H12F3N3O3S. The third-order valence-electron chi connectivity index (χ3n) is 4.20. The van der Waals surface area contributed by atoms with E-state index in [0.717, 1.165) is 17.7 Å². The molecule has 3 rings (SSSR count). The monoisotopic (exact) mass is 395 g/mol. The number of alkyl halides is 3. The van der Waals surface area contributed by atoms with Gasteiger partial charge in [0.15, 0.2) is 0 Å². The highest BCUT2D eigenvalue weighted by molar-refractivity contribution is 7.90. The molecule has 140 valence electrons. The van der Waals surface area contributed by atoms with Crippen molar-refractivity contribution in [3.05, 3.63) is 59.4 Å². The second-order valence-electron chi connectivity index (χ2n) is 6.02. The van der Waals surface area contributed by atoms with Gasteiger partial charge in [0, 0.05) is 18.3 Å². The van der Waals surface area contributed by atoms with E-state index in [0.29, 0.717) is 12.5 Å². The first-order chi connectivity index (χ1) is 12.6. The summed E-state index contributed by atoms with van der Waals surface area (Å²) in [4.78, 5) is 15.4. The van der Waals surface area contributed by atoms with E-state index in [-0.39, 0.29) is 5.92 Å². The quantitative estimate of drug-likeness (QED) is 0.858. The van der Waals surface area contributed by atoms with Crippen LogP contribution in [0.15, 0.2) is 47.6 Å². The van der Waals surface area contributed by atoms with Crippen LogP contribution in [0.5, 0.6) is 0 Å². The van der Waals surface area contributed by atoms with Crippen molar-refractivity contribution < 1.29 is 26.4 Å². The number of hydrogen-bond acceptors (Lipinski definition) is 5. The number of pyridine rings is 1. The van der Waals surface area contributed by atoms with Crippen molar-refractivity contribution >= 4 is 15.9 Å². The van der Waals surface area contributed by atoms with Crippen LogP contribution < -0.4 is 4.72 Å². The molecule has 1 aromatic carbocycles. The Morgan fingerprint density at radius 2 is 2.04 bits per heavy atom. The van der Waals surface area contributed by atoms with Gasteiger partial charge in [-0.25, -0.2) is 13.1 Å². The summed E-state index contributed by atoms with van der Waals surface area (Å²) < 4.78 is 65.4. The smallest absolute Gasteiger partial charge is 0.274 e. The van der Waals surface area contributed by atoms with Gasteiger partial charge in [0.05, 0.1) is 22.1 Å². The number of hydrogen-bond donors (Lipinski definition) is 1. The molecule has 0 saturated heterocycles. The van der Waals surface area contributed by atoms with E-state index >= 15 is 0 Å². The van der Waals surface area contributed by atoms with Crippen molar-refractivity contribution in [1.29, 1.82) is 5.26 Å². The van der Waals surface area contributed by atoms with E-state index in [1.807, 2.05) is 4.72 Å². The van der Waals surface area contributed by atoms with Gasteiger partial charge in [-0.3, -0.25) is 9.78 Å². The second-order valence-corrected chi connectivity index (χ2v) is 7.70. The number of amides is 1. The summed E-state index contributed by atoms with van der Waals surface area (Å²) >= 11 is 0. The van der Waals surface area contributed by atoms with E-state index in [2.05, 4.69) is 4.98 Å². The fourth-order valence-electron chi connectivity index (χ4n) is 2.74. The molecule has 1 aliphatic rings. The molecule has 0 unspecified atom stereocenters. The van der Waals surface area contributed by atoms with Crippen molar-refractivity contribution in [3.63, 3.8) is 0 Å². The number of aromatic nitrogens is 1. The summed E-state index contributed by atoms with van der Waals surface area (Å²) in [5, 5.41) is 8.77. The summed E-state index contributed by atoms with van der Waals surface area (Å²) in [5.74, 6) is -1.56. The molecule has 0 spiro atoms. The predicted octanol–water partition coefficient (Wildman–Crippen LogP) is 2.58. The number of rotatable bonds is 4. The van der Waals surface area contributed by atoms with Gasteiger partial charge in [-0.15, -0.1) is 0 Å². The van der Waals surface area contributed by atoms with Gasteiger partial charge in [0.1, 0.15) is 0 Å². The molecule has 1 N–H and O–H groups in total. The number of carbonyl (C=O) groups excluding carboxylic acids is 1. The Bertz CT molecular complexity index is 1030. The largest absolute Gasteiger partial charge is 0.417 e. The lowest BCUT2D eigenvalue weighted by molar-refractivity contribution is -0.137. The first-order valence-electron chi connectivity index (χ1n) is 7.71. The molecule has 1 heterocycles. The molecule has 2 atom stereocenters. The van der Waals surface area contributed by atoms with Crippen LogP contribution in [0.1, 0.15) is 29.0 Å². The van der Waals surface area contributed by atoms with Gasteiger partial charge in [-0.2, -0.15) is 18.4 Å². The molecule has 1 saturated carbocycles. The van der Waals surface area contributed by atoms with Crippen molar-refractivity contribution in [2.75, 3.05) is 0 Å². The van der Waals surface area contributed by atoms with E-state index < -0.39 is 44.0 Å². The standard InChI is InChI=1S/C17H12F3N3O3S/c18-17(19,20)15-6-12(4-3-10(15)8-21)27(25,26)23-16(24)14-7-13(14)11-2-1-5-22-9-11/h1-6,9,13-14H,7H2,(H,23,24)/t13-,14-/m1/s1. The first-order valence-corrected chi connectivity index (χ1v) is 9.20. The van der Waals surface area contributed by atoms with Crippen LogP contribution in [0.25, 0.3) is 0 Å². The van der Waals surface area contributed by atoms with Crippen LogP contribution in [0.4, 0.5) is 13.2 Å². The number of sulfonamides is 1. The zero-order valence-electron chi connectivity index (χ0n) is 13.6. The normalized spacial score (nSPS) is 19.2. The minimum Gasteiger partial charge on any atom is -0.274 e. The predicted molar refractivity (Wildman–Crippen MR) is 86.6 cm³/mol. The molecule has 1 fully saturated rings. The molecule has 1 amide bonds. The molecule has 1 aromatic heterocycles. The van der Waals surface area contributed by atoms with Crippen molar-refractivity contribution in [2.45, 2.75) is 23.4 Å². The molecule has 6 nitrogen and oxygen atoms in total. The summed E-state index contributed by atoms with van der Waals surface area (Å²) in [6.07, 6.45) is -1.34. The van der Waals surface area contributed by atoms with Crippen LogP contribution in [0, 0.1) is 17.2 Å². The number of nitrogens with zero attached hydrogens (tertiary/aromatic N) is 2. The number of nitriles is 1. The molecule has 27 heavy (non-hydrogen) atoms. The van der Waals surface area contributed by atoms with Crippen molar-refractivity contribution in [1.82, 2.24) is 9.71 Å². The molecule has 2 aromatic rings. The first kappa shape index (κ1) is 18.8. The zero-order valence-corrected chi connectivity index (χ0v) is 14.4. The molecule has 1 aliphatic carbocycles. The van der Waals surface area contributed by atoms with E-state index in [1.165, 1.54) is 6.07 Å². The Labute approximate surface area is 152 Å². The molecular weight excluding hydrogens is 383 g/mol. The lowest BCUT2D eigenvalue weighted by atomic mass is 10.1. The third-order valence-corrected chi connectivity index (χ3v) is 5.55. The number of nitrogens with one attached hydrogen (secondary N) is 1. The molecule has 0 aliphatic heterocycles. The Balaban J connectivity index is 1.80. The maximum Gasteiger partial charge on any atom is 0.417 e. The molecule has 0 bridgehead atoms. The molecule has 0 radical (unpaired) electrons. The minimum absolute atomic E-state index is 0.180. The Morgan fingerprint density at radius 3 is 2.63 bits per heavy atom. The fraction of sp³-hybridized carbons (Fsp3) is 0.235. The average molecular weight is 395 g/mol. The van der Waals surface area contributed by atoms with Crippen molar-refractivity contribution in [3.8, 4) is 6.07 Å². The third kappa shape index (κ3) is 3.93. The van der Waals surface area contributed by atoms with E-state index in [1.54, 1.807) is 24.5 Å².